The smallest absolute Gasteiger partial charge is 0.175 e. The van der Waals surface area contributed by atoms with Crippen LogP contribution in [0.15, 0.2) is 64.9 Å². The van der Waals surface area contributed by atoms with Crippen molar-refractivity contribution >= 4 is 5.71 Å². The Hall–Kier alpha value is -3.37. The van der Waals surface area contributed by atoms with Crippen LogP contribution in [0.4, 0.5) is 0 Å². The minimum atomic E-state index is -0.174. The molecule has 0 fully saturated rings. The zero-order valence-electron chi connectivity index (χ0n) is 11.0. The maximum atomic E-state index is 9.14. The summed E-state index contributed by atoms with van der Waals surface area (Å²) in [4.78, 5) is 4.34. The van der Waals surface area contributed by atoms with Gasteiger partial charge in [-0.15, -0.1) is 0 Å². The zero-order chi connectivity index (χ0) is 14.8. The van der Waals surface area contributed by atoms with E-state index in [9.17, 15) is 0 Å². The maximum Gasteiger partial charge on any atom is 0.175 e. The summed E-state index contributed by atoms with van der Waals surface area (Å²) in [5, 5.41) is 18.0. The lowest BCUT2D eigenvalue weighted by Crippen LogP contribution is -2.03. The largest absolute Gasteiger partial charge is 0.388 e. The Balaban J connectivity index is 2.30. The molecular formula is C17H10N4. The lowest BCUT2D eigenvalue weighted by Gasteiger charge is -2.01. The van der Waals surface area contributed by atoms with Gasteiger partial charge in [-0.3, -0.25) is 0 Å². The fourth-order valence-electron chi connectivity index (χ4n) is 2.42. The highest BCUT2D eigenvalue weighted by Crippen LogP contribution is 2.37. The predicted molar refractivity (Wildman–Crippen MR) is 80.0 cm³/mol. The molecule has 0 saturated carbocycles. The molecular weight excluding hydrogens is 260 g/mol. The van der Waals surface area contributed by atoms with Crippen LogP contribution in [0.2, 0.25) is 0 Å². The Morgan fingerprint density at radius 1 is 0.810 bits per heavy atom. The van der Waals surface area contributed by atoms with Gasteiger partial charge in [-0.25, -0.2) is 4.99 Å². The second-order valence-electron chi connectivity index (χ2n) is 4.54. The Morgan fingerprint density at radius 3 is 1.71 bits per heavy atom. The summed E-state index contributed by atoms with van der Waals surface area (Å²) in [5.41, 5.74) is 10.0. The molecule has 0 bridgehead atoms. The molecule has 2 aromatic rings. The van der Waals surface area contributed by atoms with Crippen molar-refractivity contribution in [1.29, 1.82) is 10.5 Å². The van der Waals surface area contributed by atoms with E-state index in [0.29, 0.717) is 5.71 Å². The topological polar surface area (TPSA) is 86.0 Å². The number of allylic oxidation sites excluding steroid dienone is 2. The van der Waals surface area contributed by atoms with Crippen LogP contribution in [0.25, 0.3) is 11.1 Å². The number of nitrogens with zero attached hydrogens (tertiary/aromatic N) is 3. The molecule has 0 saturated heterocycles. The third-order valence-electron chi connectivity index (χ3n) is 3.36. The summed E-state index contributed by atoms with van der Waals surface area (Å²) in [6.07, 6.45) is 0. The molecule has 0 atom stereocenters. The van der Waals surface area contributed by atoms with E-state index in [-0.39, 0.29) is 11.4 Å². The van der Waals surface area contributed by atoms with Gasteiger partial charge in [0, 0.05) is 11.1 Å². The second-order valence-corrected chi connectivity index (χ2v) is 4.54. The van der Waals surface area contributed by atoms with Crippen molar-refractivity contribution in [3.8, 4) is 23.3 Å². The van der Waals surface area contributed by atoms with E-state index in [1.807, 2.05) is 54.6 Å². The van der Waals surface area contributed by atoms with E-state index in [1.54, 1.807) is 6.07 Å². The quantitative estimate of drug-likeness (QED) is 0.690. The molecule has 2 N–H and O–H groups in total. The second kappa shape index (κ2) is 4.96. The first-order chi connectivity index (χ1) is 10.3. The molecule has 1 aliphatic rings. The Morgan fingerprint density at radius 2 is 1.29 bits per heavy atom. The SMILES string of the molecule is N#C/C(N)=C(\C#N)N=C1c2ccccc2-c2ccccc21. The fourth-order valence-corrected chi connectivity index (χ4v) is 2.42. The van der Waals surface area contributed by atoms with Crippen LogP contribution in [0.3, 0.4) is 0 Å². The molecule has 21 heavy (non-hydrogen) atoms. The number of rotatable bonds is 1. The number of hydrogen-bond acceptors (Lipinski definition) is 4. The average molecular weight is 270 g/mol. The van der Waals surface area contributed by atoms with E-state index >= 15 is 0 Å². The van der Waals surface area contributed by atoms with E-state index < -0.39 is 0 Å². The van der Waals surface area contributed by atoms with Crippen molar-refractivity contribution in [3.63, 3.8) is 0 Å². The van der Waals surface area contributed by atoms with Gasteiger partial charge in [0.2, 0.25) is 0 Å². The van der Waals surface area contributed by atoms with Crippen LogP contribution >= 0.6 is 0 Å². The van der Waals surface area contributed by atoms with Crippen molar-refractivity contribution in [3.05, 3.63) is 71.1 Å². The number of benzene rings is 2. The maximum absolute atomic E-state index is 9.14. The molecule has 0 amide bonds. The number of nitrogens with two attached hydrogens (primary N) is 1. The third-order valence-corrected chi connectivity index (χ3v) is 3.36. The Bertz CT molecular complexity index is 829. The molecule has 0 spiro atoms. The molecule has 0 aromatic heterocycles. The van der Waals surface area contributed by atoms with Gasteiger partial charge < -0.3 is 5.73 Å². The van der Waals surface area contributed by atoms with Crippen LogP contribution in [0.1, 0.15) is 11.1 Å². The average Bonchev–Trinajstić information content (AvgIpc) is 2.86. The van der Waals surface area contributed by atoms with E-state index in [4.69, 9.17) is 16.3 Å². The normalized spacial score (nSPS) is 12.6. The summed E-state index contributed by atoms with van der Waals surface area (Å²) in [6.45, 7) is 0. The van der Waals surface area contributed by atoms with Gasteiger partial charge in [-0.1, -0.05) is 48.5 Å². The van der Waals surface area contributed by atoms with Crippen molar-refractivity contribution in [2.24, 2.45) is 10.7 Å². The van der Waals surface area contributed by atoms with Gasteiger partial charge in [-0.05, 0) is 11.1 Å². The molecule has 4 nitrogen and oxygen atoms in total. The minimum absolute atomic E-state index is 0.0565. The lowest BCUT2D eigenvalue weighted by molar-refractivity contribution is 1.26. The van der Waals surface area contributed by atoms with E-state index in [2.05, 4.69) is 4.99 Å². The molecule has 0 heterocycles. The van der Waals surface area contributed by atoms with Crippen LogP contribution in [-0.2, 0) is 0 Å². The minimum Gasteiger partial charge on any atom is -0.388 e. The number of hydrogen-bond donors (Lipinski definition) is 1. The highest BCUT2D eigenvalue weighted by atomic mass is 14.8. The molecule has 0 radical (unpaired) electrons. The van der Waals surface area contributed by atoms with Gasteiger partial charge >= 0.3 is 0 Å². The highest BCUT2D eigenvalue weighted by Gasteiger charge is 2.24. The first-order valence-electron chi connectivity index (χ1n) is 6.34. The lowest BCUT2D eigenvalue weighted by atomic mass is 10.1. The molecule has 0 unspecified atom stereocenters. The molecule has 98 valence electrons. The zero-order valence-corrected chi connectivity index (χ0v) is 11.0. The van der Waals surface area contributed by atoms with Gasteiger partial charge in [0.05, 0.1) is 5.71 Å². The number of aliphatic imine (C=N–C) groups is 1. The van der Waals surface area contributed by atoms with E-state index in [0.717, 1.165) is 22.3 Å². The van der Waals surface area contributed by atoms with Crippen LogP contribution in [0.5, 0.6) is 0 Å². The van der Waals surface area contributed by atoms with Crippen LogP contribution in [-0.4, -0.2) is 5.71 Å². The Labute approximate surface area is 122 Å². The van der Waals surface area contributed by atoms with Crippen molar-refractivity contribution < 1.29 is 0 Å². The van der Waals surface area contributed by atoms with Gasteiger partial charge in [0.25, 0.3) is 0 Å². The van der Waals surface area contributed by atoms with Crippen molar-refractivity contribution in [2.75, 3.05) is 0 Å². The summed E-state index contributed by atoms with van der Waals surface area (Å²) >= 11 is 0. The highest BCUT2D eigenvalue weighted by molar-refractivity contribution is 6.24. The summed E-state index contributed by atoms with van der Waals surface area (Å²) in [6, 6.07) is 19.3. The van der Waals surface area contributed by atoms with Gasteiger partial charge in [0.1, 0.15) is 17.8 Å². The molecule has 4 heteroatoms. The summed E-state index contributed by atoms with van der Waals surface area (Å²) in [5.74, 6) is 0. The molecule has 2 aromatic carbocycles. The van der Waals surface area contributed by atoms with E-state index in [1.165, 1.54) is 0 Å². The van der Waals surface area contributed by atoms with Crippen LogP contribution < -0.4 is 5.73 Å². The van der Waals surface area contributed by atoms with Gasteiger partial charge in [0.15, 0.2) is 5.70 Å². The molecule has 0 aliphatic heterocycles. The predicted octanol–water partition coefficient (Wildman–Crippen LogP) is 2.72. The van der Waals surface area contributed by atoms with Gasteiger partial charge in [-0.2, -0.15) is 10.5 Å². The number of fused-ring (bicyclic) bond motifs is 3. The first-order valence-corrected chi connectivity index (χ1v) is 6.34. The Kier molecular flexibility index (Phi) is 2.99. The van der Waals surface area contributed by atoms with Crippen molar-refractivity contribution in [1.82, 2.24) is 0 Å². The summed E-state index contributed by atoms with van der Waals surface area (Å²) < 4.78 is 0. The monoisotopic (exact) mass is 270 g/mol. The van der Waals surface area contributed by atoms with Crippen molar-refractivity contribution in [2.45, 2.75) is 0 Å². The fraction of sp³-hybridized carbons (Fsp3) is 0. The standard InChI is InChI=1S/C17H10N4/c18-9-15(20)16(10-19)21-17-13-7-3-1-5-11(13)12-6-2-4-8-14(12)17/h1-8H,20H2/b16-15-. The third kappa shape index (κ3) is 1.96. The number of nitriles is 2. The summed E-state index contributed by atoms with van der Waals surface area (Å²) in [7, 11) is 0. The molecule has 3 rings (SSSR count). The molecule has 1 aliphatic carbocycles. The van der Waals surface area contributed by atoms with Crippen LogP contribution in [0, 0.1) is 22.7 Å². The first kappa shape index (κ1) is 12.7.